The summed E-state index contributed by atoms with van der Waals surface area (Å²) in [6.07, 6.45) is 2.04. The highest BCUT2D eigenvalue weighted by atomic mass is 32.2. The zero-order valence-electron chi connectivity index (χ0n) is 10.8. The molecule has 0 radical (unpaired) electrons. The topological polar surface area (TPSA) is 81.7 Å². The molecular formula is C11H21NO5S. The third-order valence-corrected chi connectivity index (χ3v) is 4.38. The number of carbonyl (C=O) groups excluding carboxylic acids is 1. The van der Waals surface area contributed by atoms with Gasteiger partial charge in [-0.3, -0.25) is 4.79 Å². The summed E-state index contributed by atoms with van der Waals surface area (Å²) in [6.45, 7) is 2.58. The second kappa shape index (κ2) is 7.06. The van der Waals surface area contributed by atoms with E-state index in [1.165, 1.54) is 7.11 Å². The minimum atomic E-state index is -3.30. The molecule has 7 heteroatoms. The van der Waals surface area contributed by atoms with Crippen LogP contribution in [0.15, 0.2) is 0 Å². The standard InChI is InChI=1S/C11H21NO5S/c1-3-17-10-7-9(8-10)12-18(14,15)6-4-5-11(13)16-2/h9-10,12H,3-8H2,1-2H3. The largest absolute Gasteiger partial charge is 0.469 e. The summed E-state index contributed by atoms with van der Waals surface area (Å²) in [5.41, 5.74) is 0. The molecule has 106 valence electrons. The average molecular weight is 279 g/mol. The number of esters is 1. The van der Waals surface area contributed by atoms with E-state index in [0.29, 0.717) is 6.61 Å². The van der Waals surface area contributed by atoms with Crippen LogP contribution in [0.25, 0.3) is 0 Å². The minimum absolute atomic E-state index is 0.0234. The van der Waals surface area contributed by atoms with E-state index in [-0.39, 0.29) is 36.7 Å². The Bertz CT molecular complexity index is 362. The molecule has 0 saturated heterocycles. The molecule has 1 aliphatic carbocycles. The number of rotatable bonds is 8. The van der Waals surface area contributed by atoms with Crippen LogP contribution < -0.4 is 4.72 Å². The average Bonchev–Trinajstić information content (AvgIpc) is 2.25. The lowest BCUT2D eigenvalue weighted by atomic mass is 9.90. The molecule has 0 amide bonds. The lowest BCUT2D eigenvalue weighted by Gasteiger charge is -2.35. The second-order valence-corrected chi connectivity index (χ2v) is 6.24. The van der Waals surface area contributed by atoms with Crippen LogP contribution in [-0.4, -0.2) is 46.0 Å². The molecule has 0 atom stereocenters. The third kappa shape index (κ3) is 5.32. The van der Waals surface area contributed by atoms with E-state index in [0.717, 1.165) is 12.8 Å². The van der Waals surface area contributed by atoms with Crippen LogP contribution in [0.2, 0.25) is 0 Å². The van der Waals surface area contributed by atoms with Crippen LogP contribution in [0.1, 0.15) is 32.6 Å². The fraction of sp³-hybridized carbons (Fsp3) is 0.909. The Morgan fingerprint density at radius 1 is 1.39 bits per heavy atom. The number of nitrogens with one attached hydrogen (secondary N) is 1. The summed E-state index contributed by atoms with van der Waals surface area (Å²) in [5, 5.41) is 0. The molecule has 0 aromatic rings. The van der Waals surface area contributed by atoms with Crippen molar-refractivity contribution in [3.05, 3.63) is 0 Å². The molecule has 1 aliphatic rings. The molecule has 1 saturated carbocycles. The van der Waals surface area contributed by atoms with Crippen molar-refractivity contribution in [1.82, 2.24) is 4.72 Å². The van der Waals surface area contributed by atoms with Crippen LogP contribution in [-0.2, 0) is 24.3 Å². The number of hydrogen-bond donors (Lipinski definition) is 1. The van der Waals surface area contributed by atoms with Crippen LogP contribution in [0.5, 0.6) is 0 Å². The first-order valence-electron chi connectivity index (χ1n) is 6.15. The van der Waals surface area contributed by atoms with Crippen molar-refractivity contribution in [3.63, 3.8) is 0 Å². The molecular weight excluding hydrogens is 258 g/mol. The first-order valence-corrected chi connectivity index (χ1v) is 7.80. The maximum absolute atomic E-state index is 11.7. The summed E-state index contributed by atoms with van der Waals surface area (Å²) >= 11 is 0. The van der Waals surface area contributed by atoms with Gasteiger partial charge in [0.2, 0.25) is 10.0 Å². The molecule has 1 rings (SSSR count). The van der Waals surface area contributed by atoms with Crippen LogP contribution in [0.4, 0.5) is 0 Å². The molecule has 0 bridgehead atoms. The van der Waals surface area contributed by atoms with Gasteiger partial charge in [0, 0.05) is 19.1 Å². The molecule has 0 unspecified atom stereocenters. The van der Waals surface area contributed by atoms with Gasteiger partial charge in [-0.05, 0) is 26.2 Å². The predicted molar refractivity (Wildman–Crippen MR) is 66.6 cm³/mol. The van der Waals surface area contributed by atoms with E-state index in [1.807, 2.05) is 6.92 Å². The number of hydrogen-bond acceptors (Lipinski definition) is 5. The first-order chi connectivity index (χ1) is 8.46. The normalized spacial score (nSPS) is 23.4. The lowest BCUT2D eigenvalue weighted by molar-refractivity contribution is -0.140. The highest BCUT2D eigenvalue weighted by Crippen LogP contribution is 2.23. The molecule has 18 heavy (non-hydrogen) atoms. The predicted octanol–water partition coefficient (Wildman–Crippen LogP) is 0.427. The molecule has 0 spiro atoms. The van der Waals surface area contributed by atoms with Gasteiger partial charge in [0.1, 0.15) is 0 Å². The first kappa shape index (κ1) is 15.4. The van der Waals surface area contributed by atoms with Gasteiger partial charge < -0.3 is 9.47 Å². The van der Waals surface area contributed by atoms with Gasteiger partial charge in [0.25, 0.3) is 0 Å². The summed E-state index contributed by atoms with van der Waals surface area (Å²) < 4.78 is 35.7. The van der Waals surface area contributed by atoms with E-state index >= 15 is 0 Å². The van der Waals surface area contributed by atoms with Gasteiger partial charge in [0.05, 0.1) is 19.0 Å². The quantitative estimate of drug-likeness (QED) is 0.651. The summed E-state index contributed by atoms with van der Waals surface area (Å²) in [5.74, 6) is -0.428. The van der Waals surface area contributed by atoms with Gasteiger partial charge in [-0.2, -0.15) is 0 Å². The molecule has 6 nitrogen and oxygen atoms in total. The highest BCUT2D eigenvalue weighted by molar-refractivity contribution is 7.89. The Kier molecular flexibility index (Phi) is 6.04. The lowest BCUT2D eigenvalue weighted by Crippen LogP contribution is -2.48. The van der Waals surface area contributed by atoms with Crippen LogP contribution in [0.3, 0.4) is 0 Å². The van der Waals surface area contributed by atoms with E-state index < -0.39 is 10.0 Å². The zero-order chi connectivity index (χ0) is 13.6. The molecule has 0 heterocycles. The van der Waals surface area contributed by atoms with E-state index in [9.17, 15) is 13.2 Å². The van der Waals surface area contributed by atoms with E-state index in [1.54, 1.807) is 0 Å². The van der Waals surface area contributed by atoms with Crippen molar-refractivity contribution in [2.24, 2.45) is 0 Å². The Morgan fingerprint density at radius 3 is 2.61 bits per heavy atom. The fourth-order valence-electron chi connectivity index (χ4n) is 1.86. The highest BCUT2D eigenvalue weighted by Gasteiger charge is 2.32. The van der Waals surface area contributed by atoms with Crippen molar-refractivity contribution in [3.8, 4) is 0 Å². The zero-order valence-corrected chi connectivity index (χ0v) is 11.7. The SMILES string of the molecule is CCOC1CC(NS(=O)(=O)CCCC(=O)OC)C1. The Morgan fingerprint density at radius 2 is 2.06 bits per heavy atom. The maximum Gasteiger partial charge on any atom is 0.305 e. The molecule has 1 N–H and O–H groups in total. The monoisotopic (exact) mass is 279 g/mol. The molecule has 0 aromatic carbocycles. The number of ether oxygens (including phenoxy) is 2. The minimum Gasteiger partial charge on any atom is -0.469 e. The van der Waals surface area contributed by atoms with Gasteiger partial charge in [-0.1, -0.05) is 0 Å². The van der Waals surface area contributed by atoms with E-state index in [2.05, 4.69) is 9.46 Å². The molecule has 0 aromatic heterocycles. The Balaban J connectivity index is 2.19. The molecule has 0 aliphatic heterocycles. The third-order valence-electron chi connectivity index (χ3n) is 2.87. The molecule has 1 fully saturated rings. The maximum atomic E-state index is 11.7. The van der Waals surface area contributed by atoms with Gasteiger partial charge in [-0.25, -0.2) is 13.1 Å². The van der Waals surface area contributed by atoms with Crippen molar-refractivity contribution in [2.75, 3.05) is 19.5 Å². The summed E-state index contributed by atoms with van der Waals surface area (Å²) in [4.78, 5) is 10.8. The number of methoxy groups -OCH3 is 1. The van der Waals surface area contributed by atoms with Crippen LogP contribution in [0, 0.1) is 0 Å². The van der Waals surface area contributed by atoms with Crippen molar-refractivity contribution >= 4 is 16.0 Å². The Labute approximate surface area is 108 Å². The number of carbonyl (C=O) groups is 1. The number of sulfonamides is 1. The second-order valence-electron chi connectivity index (χ2n) is 4.36. The smallest absolute Gasteiger partial charge is 0.305 e. The summed E-state index contributed by atoms with van der Waals surface area (Å²) in [6, 6.07) is -0.0234. The van der Waals surface area contributed by atoms with Crippen molar-refractivity contribution < 1.29 is 22.7 Å². The van der Waals surface area contributed by atoms with Gasteiger partial charge in [0.15, 0.2) is 0 Å². The van der Waals surface area contributed by atoms with Gasteiger partial charge in [-0.15, -0.1) is 0 Å². The summed E-state index contributed by atoms with van der Waals surface area (Å²) in [7, 11) is -2.01. The van der Waals surface area contributed by atoms with Crippen LogP contribution >= 0.6 is 0 Å². The van der Waals surface area contributed by atoms with Crippen molar-refractivity contribution in [1.29, 1.82) is 0 Å². The fourth-order valence-corrected chi connectivity index (χ4v) is 3.20. The Hall–Kier alpha value is -0.660. The van der Waals surface area contributed by atoms with E-state index in [4.69, 9.17) is 4.74 Å². The van der Waals surface area contributed by atoms with Gasteiger partial charge >= 0.3 is 5.97 Å². The van der Waals surface area contributed by atoms with Crippen molar-refractivity contribution in [2.45, 2.75) is 44.8 Å².